The van der Waals surface area contributed by atoms with E-state index in [4.69, 9.17) is 9.84 Å². The summed E-state index contributed by atoms with van der Waals surface area (Å²) < 4.78 is 6.27. The first-order valence-corrected chi connectivity index (χ1v) is 6.49. The molecular weight excluding hydrogens is 344 g/mol. The lowest BCUT2D eigenvalue weighted by atomic mass is 10.2. The molecule has 1 N–H and O–H groups in total. The Kier molecular flexibility index (Phi) is 4.18. The standard InChI is InChI=1S/C13H9BrN2O5/c1-7-2-3-8(14)4-11(7)21-12-5-9(13(17)18)10(6-15-12)16(19)20/h2-6H,1H3,(H,17,18). The minimum absolute atomic E-state index is 0.0285. The number of nitrogens with zero attached hydrogens (tertiary/aromatic N) is 2. The number of rotatable bonds is 4. The van der Waals surface area contributed by atoms with Crippen molar-refractivity contribution in [1.82, 2.24) is 4.98 Å². The SMILES string of the molecule is Cc1ccc(Br)cc1Oc1cc(C(=O)O)c([N+](=O)[O-])cn1. The van der Waals surface area contributed by atoms with E-state index in [9.17, 15) is 14.9 Å². The minimum Gasteiger partial charge on any atom is -0.477 e. The van der Waals surface area contributed by atoms with E-state index < -0.39 is 22.1 Å². The fourth-order valence-electron chi connectivity index (χ4n) is 1.60. The van der Waals surface area contributed by atoms with E-state index >= 15 is 0 Å². The number of halogens is 1. The number of aromatic carboxylic acids is 1. The number of aryl methyl sites for hydroxylation is 1. The Balaban J connectivity index is 2.41. The molecule has 2 rings (SSSR count). The molecule has 0 aliphatic carbocycles. The van der Waals surface area contributed by atoms with E-state index in [-0.39, 0.29) is 5.88 Å². The van der Waals surface area contributed by atoms with Crippen molar-refractivity contribution < 1.29 is 19.6 Å². The number of benzene rings is 1. The molecule has 0 amide bonds. The monoisotopic (exact) mass is 352 g/mol. The summed E-state index contributed by atoms with van der Waals surface area (Å²) in [5.41, 5.74) is -0.242. The zero-order valence-corrected chi connectivity index (χ0v) is 12.3. The quantitative estimate of drug-likeness (QED) is 0.666. The smallest absolute Gasteiger partial charge is 0.342 e. The normalized spacial score (nSPS) is 10.2. The highest BCUT2D eigenvalue weighted by Crippen LogP contribution is 2.29. The Morgan fingerprint density at radius 3 is 2.76 bits per heavy atom. The van der Waals surface area contributed by atoms with Crippen LogP contribution >= 0.6 is 15.9 Å². The molecule has 0 saturated carbocycles. The number of pyridine rings is 1. The van der Waals surface area contributed by atoms with Gasteiger partial charge in [-0.05, 0) is 24.6 Å². The van der Waals surface area contributed by atoms with Gasteiger partial charge in [0.15, 0.2) is 0 Å². The van der Waals surface area contributed by atoms with Crippen LogP contribution in [0, 0.1) is 17.0 Å². The van der Waals surface area contributed by atoms with E-state index in [1.54, 1.807) is 6.07 Å². The van der Waals surface area contributed by atoms with Gasteiger partial charge in [-0.25, -0.2) is 9.78 Å². The summed E-state index contributed by atoms with van der Waals surface area (Å²) in [4.78, 5) is 24.8. The number of hydrogen-bond donors (Lipinski definition) is 1. The Morgan fingerprint density at radius 2 is 2.14 bits per heavy atom. The van der Waals surface area contributed by atoms with Gasteiger partial charge >= 0.3 is 11.7 Å². The lowest BCUT2D eigenvalue weighted by molar-refractivity contribution is -0.385. The molecule has 2 aromatic rings. The van der Waals surface area contributed by atoms with Crippen LogP contribution in [-0.4, -0.2) is 21.0 Å². The van der Waals surface area contributed by atoms with Gasteiger partial charge in [0, 0.05) is 10.5 Å². The Morgan fingerprint density at radius 1 is 1.43 bits per heavy atom. The van der Waals surface area contributed by atoms with Crippen molar-refractivity contribution in [1.29, 1.82) is 0 Å². The van der Waals surface area contributed by atoms with Crippen LogP contribution in [0.4, 0.5) is 5.69 Å². The topological polar surface area (TPSA) is 103 Å². The molecule has 0 unspecified atom stereocenters. The molecular formula is C13H9BrN2O5. The number of carboxylic acid groups (broad SMARTS) is 1. The highest BCUT2D eigenvalue weighted by atomic mass is 79.9. The van der Waals surface area contributed by atoms with Crippen LogP contribution in [0.15, 0.2) is 34.9 Å². The Labute approximate surface area is 127 Å². The molecule has 0 bridgehead atoms. The molecule has 21 heavy (non-hydrogen) atoms. The van der Waals surface area contributed by atoms with Crippen molar-refractivity contribution in [3.63, 3.8) is 0 Å². The second-order valence-corrected chi connectivity index (χ2v) is 5.03. The van der Waals surface area contributed by atoms with Crippen LogP contribution in [0.3, 0.4) is 0 Å². The third-order valence-electron chi connectivity index (χ3n) is 2.65. The van der Waals surface area contributed by atoms with E-state index in [1.807, 2.05) is 19.1 Å². The summed E-state index contributed by atoms with van der Waals surface area (Å²) in [6.07, 6.45) is 0.867. The Hall–Kier alpha value is -2.48. The zero-order valence-electron chi connectivity index (χ0n) is 10.7. The predicted molar refractivity (Wildman–Crippen MR) is 76.8 cm³/mol. The average molecular weight is 353 g/mol. The van der Waals surface area contributed by atoms with E-state index in [2.05, 4.69) is 20.9 Å². The average Bonchev–Trinajstić information content (AvgIpc) is 2.42. The molecule has 0 saturated heterocycles. The van der Waals surface area contributed by atoms with Crippen LogP contribution in [0.25, 0.3) is 0 Å². The second kappa shape index (κ2) is 5.88. The number of carboxylic acids is 1. The number of carbonyl (C=O) groups is 1. The van der Waals surface area contributed by atoms with Crippen molar-refractivity contribution >= 4 is 27.6 Å². The third-order valence-corrected chi connectivity index (χ3v) is 3.14. The molecule has 0 fully saturated rings. The van der Waals surface area contributed by atoms with Gasteiger partial charge < -0.3 is 9.84 Å². The molecule has 108 valence electrons. The molecule has 1 aromatic heterocycles. The predicted octanol–water partition coefficient (Wildman–Crippen LogP) is 3.55. The van der Waals surface area contributed by atoms with Gasteiger partial charge in [-0.1, -0.05) is 22.0 Å². The van der Waals surface area contributed by atoms with Crippen molar-refractivity contribution in [3.8, 4) is 11.6 Å². The van der Waals surface area contributed by atoms with E-state index in [0.717, 1.165) is 22.3 Å². The summed E-state index contributed by atoms with van der Waals surface area (Å²) in [7, 11) is 0. The lowest BCUT2D eigenvalue weighted by Crippen LogP contribution is -2.04. The van der Waals surface area contributed by atoms with E-state index in [0.29, 0.717) is 5.75 Å². The lowest BCUT2D eigenvalue weighted by Gasteiger charge is -2.08. The van der Waals surface area contributed by atoms with Crippen molar-refractivity contribution in [2.45, 2.75) is 6.92 Å². The van der Waals surface area contributed by atoms with Gasteiger partial charge in [-0.15, -0.1) is 0 Å². The second-order valence-electron chi connectivity index (χ2n) is 4.11. The number of nitro groups is 1. The molecule has 0 aliphatic rings. The fraction of sp³-hybridized carbons (Fsp3) is 0.0769. The highest BCUT2D eigenvalue weighted by molar-refractivity contribution is 9.10. The first-order chi connectivity index (χ1) is 9.88. The summed E-state index contributed by atoms with van der Waals surface area (Å²) in [6, 6.07) is 6.36. The highest BCUT2D eigenvalue weighted by Gasteiger charge is 2.21. The number of aromatic nitrogens is 1. The summed E-state index contributed by atoms with van der Waals surface area (Å²) in [5, 5.41) is 19.8. The van der Waals surface area contributed by atoms with Crippen LogP contribution in [0.1, 0.15) is 15.9 Å². The molecule has 0 radical (unpaired) electrons. The van der Waals surface area contributed by atoms with E-state index in [1.165, 1.54) is 0 Å². The zero-order chi connectivity index (χ0) is 15.6. The Bertz CT molecular complexity index is 732. The van der Waals surface area contributed by atoms with Crippen LogP contribution in [0.2, 0.25) is 0 Å². The summed E-state index contributed by atoms with van der Waals surface area (Å²) in [6.45, 7) is 1.81. The van der Waals surface area contributed by atoms with Gasteiger partial charge in [-0.3, -0.25) is 10.1 Å². The molecule has 0 atom stereocenters. The molecule has 7 nitrogen and oxygen atoms in total. The van der Waals surface area contributed by atoms with Crippen LogP contribution in [0.5, 0.6) is 11.6 Å². The molecule has 1 heterocycles. The number of ether oxygens (including phenoxy) is 1. The molecule has 1 aromatic carbocycles. The maximum absolute atomic E-state index is 11.1. The van der Waals surface area contributed by atoms with Gasteiger partial charge in [0.1, 0.15) is 17.5 Å². The molecule has 0 spiro atoms. The molecule has 8 heteroatoms. The first-order valence-electron chi connectivity index (χ1n) is 5.70. The molecule has 0 aliphatic heterocycles. The van der Waals surface area contributed by atoms with Crippen LogP contribution < -0.4 is 4.74 Å². The maximum atomic E-state index is 11.1. The van der Waals surface area contributed by atoms with Crippen molar-refractivity contribution in [3.05, 3.63) is 56.2 Å². The van der Waals surface area contributed by atoms with Crippen LogP contribution in [-0.2, 0) is 0 Å². The summed E-state index contributed by atoms with van der Waals surface area (Å²) >= 11 is 3.29. The van der Waals surface area contributed by atoms with Crippen molar-refractivity contribution in [2.24, 2.45) is 0 Å². The van der Waals surface area contributed by atoms with Gasteiger partial charge in [0.05, 0.1) is 4.92 Å². The first kappa shape index (κ1) is 14.9. The number of hydrogen-bond acceptors (Lipinski definition) is 5. The van der Waals surface area contributed by atoms with Gasteiger partial charge in [0.25, 0.3) is 0 Å². The third kappa shape index (κ3) is 3.34. The van der Waals surface area contributed by atoms with Gasteiger partial charge in [-0.2, -0.15) is 0 Å². The van der Waals surface area contributed by atoms with Crippen molar-refractivity contribution in [2.75, 3.05) is 0 Å². The van der Waals surface area contributed by atoms with Gasteiger partial charge in [0.2, 0.25) is 5.88 Å². The largest absolute Gasteiger partial charge is 0.477 e. The summed E-state index contributed by atoms with van der Waals surface area (Å²) in [5.74, 6) is -0.971. The minimum atomic E-state index is -1.42. The maximum Gasteiger partial charge on any atom is 0.342 e. The fourth-order valence-corrected chi connectivity index (χ4v) is 1.94.